The largest absolute Gasteiger partial charge is 0.324 e. The molecule has 0 bridgehead atoms. The molecular formula is C11H8BrClN4O. The Balaban J connectivity index is 1.96. The molecule has 0 aliphatic heterocycles. The number of amides is 2. The molecule has 2 aromatic rings. The fraction of sp³-hybridized carbons (Fsp3) is 0. The average Bonchev–Trinajstić information content (AvgIpc) is 2.35. The number of nitrogens with zero attached hydrogens (tertiary/aromatic N) is 2. The predicted octanol–water partition coefficient (Wildman–Crippen LogP) is 3.54. The van der Waals surface area contributed by atoms with Gasteiger partial charge in [0.2, 0.25) is 0 Å². The average molecular weight is 328 g/mol. The summed E-state index contributed by atoms with van der Waals surface area (Å²) in [6, 6.07) is 6.39. The lowest BCUT2D eigenvalue weighted by atomic mass is 10.3. The van der Waals surface area contributed by atoms with Crippen LogP contribution in [-0.2, 0) is 0 Å². The molecule has 1 aromatic heterocycles. The van der Waals surface area contributed by atoms with Crippen LogP contribution in [-0.4, -0.2) is 16.0 Å². The lowest BCUT2D eigenvalue weighted by Crippen LogP contribution is -2.20. The molecule has 0 saturated carbocycles. The Labute approximate surface area is 117 Å². The molecule has 0 saturated heterocycles. The van der Waals surface area contributed by atoms with Gasteiger partial charge in [0, 0.05) is 10.7 Å². The van der Waals surface area contributed by atoms with Crippen molar-refractivity contribution in [2.45, 2.75) is 0 Å². The van der Waals surface area contributed by atoms with Crippen molar-refractivity contribution < 1.29 is 4.79 Å². The molecule has 1 aromatic carbocycles. The van der Waals surface area contributed by atoms with Crippen LogP contribution in [0.1, 0.15) is 0 Å². The van der Waals surface area contributed by atoms with E-state index >= 15 is 0 Å². The van der Waals surface area contributed by atoms with Crippen LogP contribution in [0.4, 0.5) is 16.3 Å². The summed E-state index contributed by atoms with van der Waals surface area (Å²) in [5, 5.41) is 5.81. The van der Waals surface area contributed by atoms with Gasteiger partial charge in [-0.25, -0.2) is 14.8 Å². The minimum absolute atomic E-state index is 0.365. The van der Waals surface area contributed by atoms with Crippen LogP contribution in [0.15, 0.2) is 41.3 Å². The van der Waals surface area contributed by atoms with Gasteiger partial charge < -0.3 is 5.32 Å². The SMILES string of the molecule is O=C(Nc1ccc(Cl)cc1)Nc1cnc(Br)cn1. The predicted molar refractivity (Wildman–Crippen MR) is 73.8 cm³/mol. The van der Waals surface area contributed by atoms with Crippen molar-refractivity contribution in [3.05, 3.63) is 46.3 Å². The van der Waals surface area contributed by atoms with Crippen molar-refractivity contribution in [2.24, 2.45) is 0 Å². The summed E-state index contributed by atoms with van der Waals surface area (Å²) in [7, 11) is 0. The van der Waals surface area contributed by atoms with Crippen molar-refractivity contribution in [1.29, 1.82) is 0 Å². The summed E-state index contributed by atoms with van der Waals surface area (Å²) >= 11 is 8.90. The lowest BCUT2D eigenvalue weighted by Gasteiger charge is -2.06. The minimum atomic E-state index is -0.394. The first-order valence-electron chi connectivity index (χ1n) is 4.94. The van der Waals surface area contributed by atoms with E-state index in [2.05, 4.69) is 36.5 Å². The summed E-state index contributed by atoms with van der Waals surface area (Å²) in [4.78, 5) is 19.5. The molecule has 1 heterocycles. The van der Waals surface area contributed by atoms with Gasteiger partial charge in [-0.3, -0.25) is 5.32 Å². The molecule has 5 nitrogen and oxygen atoms in total. The van der Waals surface area contributed by atoms with Crippen LogP contribution in [0.25, 0.3) is 0 Å². The number of anilines is 2. The molecular weight excluding hydrogens is 320 g/mol. The van der Waals surface area contributed by atoms with E-state index in [1.165, 1.54) is 12.4 Å². The van der Waals surface area contributed by atoms with Crippen molar-refractivity contribution >= 4 is 45.1 Å². The summed E-state index contributed by atoms with van der Waals surface area (Å²) in [6.45, 7) is 0. The topological polar surface area (TPSA) is 66.9 Å². The van der Waals surface area contributed by atoms with Crippen LogP contribution >= 0.6 is 27.5 Å². The van der Waals surface area contributed by atoms with Crippen molar-refractivity contribution in [2.75, 3.05) is 10.6 Å². The number of benzene rings is 1. The number of urea groups is 1. The summed E-state index contributed by atoms with van der Waals surface area (Å²) in [5.74, 6) is 0.365. The van der Waals surface area contributed by atoms with E-state index in [9.17, 15) is 4.79 Å². The Morgan fingerprint density at radius 3 is 2.44 bits per heavy atom. The highest BCUT2D eigenvalue weighted by molar-refractivity contribution is 9.10. The van der Waals surface area contributed by atoms with Gasteiger partial charge in [0.05, 0.1) is 12.4 Å². The Bertz CT molecular complexity index is 494. The third kappa shape index (κ3) is 3.68. The zero-order valence-electron chi connectivity index (χ0n) is 9.02. The molecule has 92 valence electrons. The van der Waals surface area contributed by atoms with Gasteiger partial charge in [-0.2, -0.15) is 0 Å². The monoisotopic (exact) mass is 326 g/mol. The highest BCUT2D eigenvalue weighted by Crippen LogP contribution is 2.13. The number of hydrogen-bond donors (Lipinski definition) is 2. The smallest absolute Gasteiger partial charge is 0.308 e. The van der Waals surface area contributed by atoms with Crippen LogP contribution < -0.4 is 10.6 Å². The molecule has 0 aliphatic rings. The van der Waals surface area contributed by atoms with E-state index in [1.54, 1.807) is 24.3 Å². The number of rotatable bonds is 2. The number of carbonyl (C=O) groups excluding carboxylic acids is 1. The van der Waals surface area contributed by atoms with Crippen LogP contribution in [0, 0.1) is 0 Å². The molecule has 0 aliphatic carbocycles. The molecule has 2 rings (SSSR count). The van der Waals surface area contributed by atoms with Crippen molar-refractivity contribution in [3.63, 3.8) is 0 Å². The standard InChI is InChI=1S/C11H8BrClN4O/c12-9-5-15-10(6-14-9)17-11(18)16-8-3-1-7(13)2-4-8/h1-6H,(H2,15,16,17,18). The summed E-state index contributed by atoms with van der Waals surface area (Å²) < 4.78 is 0.603. The normalized spacial score (nSPS) is 9.89. The molecule has 2 N–H and O–H groups in total. The van der Waals surface area contributed by atoms with Gasteiger partial charge in [0.1, 0.15) is 4.60 Å². The number of hydrogen-bond acceptors (Lipinski definition) is 3. The molecule has 7 heteroatoms. The van der Waals surface area contributed by atoms with Gasteiger partial charge >= 0.3 is 6.03 Å². The number of aromatic nitrogens is 2. The third-order valence-corrected chi connectivity index (χ3v) is 2.63. The first kappa shape index (κ1) is 12.8. The minimum Gasteiger partial charge on any atom is -0.308 e. The van der Waals surface area contributed by atoms with Gasteiger partial charge in [-0.1, -0.05) is 11.6 Å². The number of halogens is 2. The van der Waals surface area contributed by atoms with E-state index < -0.39 is 6.03 Å². The molecule has 0 atom stereocenters. The number of carbonyl (C=O) groups is 1. The Morgan fingerprint density at radius 2 is 1.83 bits per heavy atom. The van der Waals surface area contributed by atoms with E-state index in [0.29, 0.717) is 21.1 Å². The third-order valence-electron chi connectivity index (χ3n) is 1.96. The first-order valence-corrected chi connectivity index (χ1v) is 6.12. The molecule has 2 amide bonds. The van der Waals surface area contributed by atoms with Crippen molar-refractivity contribution in [1.82, 2.24) is 9.97 Å². The van der Waals surface area contributed by atoms with E-state index in [4.69, 9.17) is 11.6 Å². The first-order chi connectivity index (χ1) is 8.63. The quantitative estimate of drug-likeness (QED) is 0.886. The second kappa shape index (κ2) is 5.79. The van der Waals surface area contributed by atoms with E-state index in [0.717, 1.165) is 0 Å². The van der Waals surface area contributed by atoms with Crippen LogP contribution in [0.3, 0.4) is 0 Å². The molecule has 0 fully saturated rings. The van der Waals surface area contributed by atoms with Crippen LogP contribution in [0.5, 0.6) is 0 Å². The fourth-order valence-electron chi connectivity index (χ4n) is 1.19. The van der Waals surface area contributed by atoms with E-state index in [-0.39, 0.29) is 0 Å². The highest BCUT2D eigenvalue weighted by Gasteiger charge is 2.03. The molecule has 0 spiro atoms. The fourth-order valence-corrected chi connectivity index (χ4v) is 1.52. The maximum absolute atomic E-state index is 11.6. The van der Waals surface area contributed by atoms with Crippen molar-refractivity contribution in [3.8, 4) is 0 Å². The van der Waals surface area contributed by atoms with Gasteiger partial charge in [0.15, 0.2) is 5.82 Å². The second-order valence-corrected chi connectivity index (χ2v) is 4.56. The maximum atomic E-state index is 11.6. The Hall–Kier alpha value is -1.66. The molecule has 0 radical (unpaired) electrons. The zero-order valence-corrected chi connectivity index (χ0v) is 11.4. The Kier molecular flexibility index (Phi) is 4.11. The summed E-state index contributed by atoms with van der Waals surface area (Å²) in [5.41, 5.74) is 0.641. The molecule has 18 heavy (non-hydrogen) atoms. The molecule has 0 unspecified atom stereocenters. The van der Waals surface area contributed by atoms with Gasteiger partial charge in [0.25, 0.3) is 0 Å². The zero-order chi connectivity index (χ0) is 13.0. The lowest BCUT2D eigenvalue weighted by molar-refractivity contribution is 0.262. The second-order valence-electron chi connectivity index (χ2n) is 3.31. The highest BCUT2D eigenvalue weighted by atomic mass is 79.9. The van der Waals surface area contributed by atoms with Gasteiger partial charge in [-0.15, -0.1) is 0 Å². The summed E-state index contributed by atoms with van der Waals surface area (Å²) in [6.07, 6.45) is 2.95. The van der Waals surface area contributed by atoms with Crippen LogP contribution in [0.2, 0.25) is 5.02 Å². The number of nitrogens with one attached hydrogen (secondary N) is 2. The van der Waals surface area contributed by atoms with Gasteiger partial charge in [-0.05, 0) is 40.2 Å². The van der Waals surface area contributed by atoms with E-state index in [1.807, 2.05) is 0 Å². The Morgan fingerprint density at radius 1 is 1.11 bits per heavy atom. The maximum Gasteiger partial charge on any atom is 0.324 e.